The summed E-state index contributed by atoms with van der Waals surface area (Å²) in [7, 11) is 0. The summed E-state index contributed by atoms with van der Waals surface area (Å²) in [6, 6.07) is 7.47. The average molecular weight is 312 g/mol. The van der Waals surface area contributed by atoms with E-state index in [1.54, 1.807) is 6.33 Å². The van der Waals surface area contributed by atoms with Gasteiger partial charge in [-0.15, -0.1) is 0 Å². The van der Waals surface area contributed by atoms with Crippen LogP contribution in [0.2, 0.25) is 0 Å². The van der Waals surface area contributed by atoms with Crippen LogP contribution in [0.4, 0.5) is 5.82 Å². The highest BCUT2D eigenvalue weighted by atomic mass is 16.5. The number of anilines is 1. The Morgan fingerprint density at radius 1 is 1.17 bits per heavy atom. The van der Waals surface area contributed by atoms with Crippen LogP contribution in [0, 0.1) is 6.92 Å². The second kappa shape index (κ2) is 6.42. The molecular weight excluding hydrogens is 288 g/mol. The van der Waals surface area contributed by atoms with E-state index in [1.165, 1.54) is 12.0 Å². The maximum atomic E-state index is 5.52. The first-order valence-electron chi connectivity index (χ1n) is 8.59. The highest BCUT2D eigenvalue weighted by molar-refractivity contribution is 5.89. The van der Waals surface area contributed by atoms with Crippen LogP contribution in [0.25, 0.3) is 10.9 Å². The Balaban J connectivity index is 1.44. The standard InChI is InChI=1S/C18H24N4O/c1-13-2-3-17-16(10-13)18(20-12-19-17)21-14-4-7-22(8-5-14)15-6-9-23-11-15/h2-3,10,12,14-15H,4-9,11H2,1H3,(H,19,20,21). The number of fused-ring (bicyclic) bond motifs is 1. The Hall–Kier alpha value is -1.72. The lowest BCUT2D eigenvalue weighted by atomic mass is 10.0. The van der Waals surface area contributed by atoms with Gasteiger partial charge in [-0.25, -0.2) is 9.97 Å². The van der Waals surface area contributed by atoms with E-state index in [1.807, 2.05) is 0 Å². The molecule has 2 aliphatic rings. The fourth-order valence-corrected chi connectivity index (χ4v) is 3.70. The van der Waals surface area contributed by atoms with Gasteiger partial charge in [0.2, 0.25) is 0 Å². The van der Waals surface area contributed by atoms with Gasteiger partial charge in [-0.1, -0.05) is 11.6 Å². The molecule has 2 aromatic rings. The predicted octanol–water partition coefficient (Wildman–Crippen LogP) is 2.60. The van der Waals surface area contributed by atoms with Gasteiger partial charge in [-0.05, 0) is 38.3 Å². The van der Waals surface area contributed by atoms with Crippen molar-refractivity contribution in [2.75, 3.05) is 31.6 Å². The largest absolute Gasteiger partial charge is 0.380 e. The van der Waals surface area contributed by atoms with Crippen molar-refractivity contribution in [3.8, 4) is 0 Å². The summed E-state index contributed by atoms with van der Waals surface area (Å²) in [5.74, 6) is 0.973. The second-order valence-corrected chi connectivity index (χ2v) is 6.71. The van der Waals surface area contributed by atoms with Crippen LogP contribution in [-0.2, 0) is 4.74 Å². The first-order chi connectivity index (χ1) is 11.3. The summed E-state index contributed by atoms with van der Waals surface area (Å²) in [5.41, 5.74) is 2.25. The van der Waals surface area contributed by atoms with Crippen LogP contribution < -0.4 is 5.32 Å². The molecule has 0 spiro atoms. The minimum Gasteiger partial charge on any atom is -0.380 e. The summed E-state index contributed by atoms with van der Waals surface area (Å²) in [5, 5.41) is 4.78. The third kappa shape index (κ3) is 3.16. The molecule has 1 atom stereocenters. The van der Waals surface area contributed by atoms with Gasteiger partial charge in [-0.2, -0.15) is 0 Å². The Kier molecular flexibility index (Phi) is 4.14. The Labute approximate surface area is 137 Å². The van der Waals surface area contributed by atoms with E-state index >= 15 is 0 Å². The zero-order chi connectivity index (χ0) is 15.6. The number of rotatable bonds is 3. The molecule has 1 unspecified atom stereocenters. The fraction of sp³-hybridized carbons (Fsp3) is 0.556. The molecule has 2 fully saturated rings. The van der Waals surface area contributed by atoms with Gasteiger partial charge in [0.25, 0.3) is 0 Å². The van der Waals surface area contributed by atoms with Crippen LogP contribution in [0.15, 0.2) is 24.5 Å². The van der Waals surface area contributed by atoms with E-state index in [0.29, 0.717) is 12.1 Å². The Bertz CT molecular complexity index is 676. The van der Waals surface area contributed by atoms with E-state index in [2.05, 4.69) is 45.3 Å². The van der Waals surface area contributed by atoms with Crippen LogP contribution >= 0.6 is 0 Å². The molecule has 3 heterocycles. The van der Waals surface area contributed by atoms with E-state index in [0.717, 1.165) is 55.9 Å². The molecule has 0 radical (unpaired) electrons. The molecular formula is C18H24N4O. The van der Waals surface area contributed by atoms with E-state index in [9.17, 15) is 0 Å². The van der Waals surface area contributed by atoms with Crippen molar-refractivity contribution in [3.05, 3.63) is 30.1 Å². The van der Waals surface area contributed by atoms with Gasteiger partial charge in [0.15, 0.2) is 0 Å². The highest BCUT2D eigenvalue weighted by Crippen LogP contribution is 2.24. The molecule has 5 nitrogen and oxygen atoms in total. The second-order valence-electron chi connectivity index (χ2n) is 6.71. The van der Waals surface area contributed by atoms with E-state index < -0.39 is 0 Å². The van der Waals surface area contributed by atoms with Gasteiger partial charge < -0.3 is 10.1 Å². The summed E-state index contributed by atoms with van der Waals surface area (Å²) in [6.45, 7) is 6.24. The Morgan fingerprint density at radius 3 is 2.83 bits per heavy atom. The van der Waals surface area contributed by atoms with Crippen molar-refractivity contribution < 1.29 is 4.74 Å². The molecule has 1 aromatic carbocycles. The smallest absolute Gasteiger partial charge is 0.137 e. The van der Waals surface area contributed by atoms with Crippen molar-refractivity contribution in [1.29, 1.82) is 0 Å². The summed E-state index contributed by atoms with van der Waals surface area (Å²) in [6.07, 6.45) is 5.17. The molecule has 5 heteroatoms. The zero-order valence-corrected chi connectivity index (χ0v) is 13.7. The number of piperidine rings is 1. The molecule has 0 aliphatic carbocycles. The Morgan fingerprint density at radius 2 is 2.04 bits per heavy atom. The van der Waals surface area contributed by atoms with Crippen molar-refractivity contribution in [1.82, 2.24) is 14.9 Å². The molecule has 0 amide bonds. The van der Waals surface area contributed by atoms with Gasteiger partial charge in [0.1, 0.15) is 12.1 Å². The normalized spacial score (nSPS) is 23.4. The van der Waals surface area contributed by atoms with Crippen molar-refractivity contribution in [3.63, 3.8) is 0 Å². The zero-order valence-electron chi connectivity index (χ0n) is 13.7. The lowest BCUT2D eigenvalue weighted by Gasteiger charge is -2.35. The minimum absolute atomic E-state index is 0.493. The predicted molar refractivity (Wildman–Crippen MR) is 91.7 cm³/mol. The first-order valence-corrected chi connectivity index (χ1v) is 8.59. The maximum absolute atomic E-state index is 5.52. The molecule has 122 valence electrons. The molecule has 4 rings (SSSR count). The number of nitrogens with zero attached hydrogens (tertiary/aromatic N) is 3. The van der Waals surface area contributed by atoms with Crippen LogP contribution in [0.3, 0.4) is 0 Å². The van der Waals surface area contributed by atoms with Crippen LogP contribution in [0.5, 0.6) is 0 Å². The molecule has 2 saturated heterocycles. The van der Waals surface area contributed by atoms with Crippen molar-refractivity contribution >= 4 is 16.7 Å². The number of aryl methyl sites for hydroxylation is 1. The molecule has 1 aromatic heterocycles. The number of ether oxygens (including phenoxy) is 1. The third-order valence-electron chi connectivity index (χ3n) is 5.08. The molecule has 23 heavy (non-hydrogen) atoms. The number of hydrogen-bond acceptors (Lipinski definition) is 5. The number of benzene rings is 1. The third-order valence-corrected chi connectivity index (χ3v) is 5.08. The molecule has 0 bridgehead atoms. The van der Waals surface area contributed by atoms with Gasteiger partial charge in [0.05, 0.1) is 12.1 Å². The van der Waals surface area contributed by atoms with E-state index in [4.69, 9.17) is 4.74 Å². The monoisotopic (exact) mass is 312 g/mol. The van der Waals surface area contributed by atoms with Gasteiger partial charge in [0, 0.05) is 37.2 Å². The highest BCUT2D eigenvalue weighted by Gasteiger charge is 2.27. The lowest BCUT2D eigenvalue weighted by molar-refractivity contribution is 0.124. The number of hydrogen-bond donors (Lipinski definition) is 1. The van der Waals surface area contributed by atoms with Crippen molar-refractivity contribution in [2.45, 2.75) is 38.3 Å². The number of likely N-dealkylation sites (tertiary alicyclic amines) is 1. The van der Waals surface area contributed by atoms with Crippen LogP contribution in [0.1, 0.15) is 24.8 Å². The van der Waals surface area contributed by atoms with Gasteiger partial charge >= 0.3 is 0 Å². The fourth-order valence-electron chi connectivity index (χ4n) is 3.70. The number of nitrogens with one attached hydrogen (secondary N) is 1. The molecule has 2 aliphatic heterocycles. The van der Waals surface area contributed by atoms with Crippen LogP contribution in [-0.4, -0.2) is 53.3 Å². The van der Waals surface area contributed by atoms with Crippen molar-refractivity contribution in [2.24, 2.45) is 0 Å². The minimum atomic E-state index is 0.493. The SMILES string of the molecule is Cc1ccc2ncnc(NC3CCN(C4CCOC4)CC3)c2c1. The first kappa shape index (κ1) is 14.8. The summed E-state index contributed by atoms with van der Waals surface area (Å²) >= 11 is 0. The molecule has 0 saturated carbocycles. The van der Waals surface area contributed by atoms with Gasteiger partial charge in [-0.3, -0.25) is 4.90 Å². The summed E-state index contributed by atoms with van der Waals surface area (Å²) < 4.78 is 5.52. The molecule has 1 N–H and O–H groups in total. The maximum Gasteiger partial charge on any atom is 0.137 e. The lowest BCUT2D eigenvalue weighted by Crippen LogP contribution is -2.44. The number of aromatic nitrogens is 2. The summed E-state index contributed by atoms with van der Waals surface area (Å²) in [4.78, 5) is 11.4. The quantitative estimate of drug-likeness (QED) is 0.944. The topological polar surface area (TPSA) is 50.3 Å². The van der Waals surface area contributed by atoms with E-state index in [-0.39, 0.29) is 0 Å². The average Bonchev–Trinajstić information content (AvgIpc) is 3.11.